The van der Waals surface area contributed by atoms with E-state index in [-0.39, 0.29) is 31.1 Å². The Morgan fingerprint density at radius 1 is 0.745 bits per heavy atom. The number of carbonyl (C=O) groups excluding carboxylic acids is 2. The smallest absolute Gasteiger partial charge is 0.320 e. The van der Waals surface area contributed by atoms with Gasteiger partial charge in [0, 0.05) is 43.2 Å². The van der Waals surface area contributed by atoms with Gasteiger partial charge >= 0.3 is 6.03 Å². The van der Waals surface area contributed by atoms with Crippen molar-refractivity contribution in [1.29, 1.82) is 0 Å². The van der Waals surface area contributed by atoms with E-state index in [1.54, 1.807) is 4.90 Å². The van der Waals surface area contributed by atoms with E-state index in [1.165, 1.54) is 0 Å². The predicted molar refractivity (Wildman–Crippen MR) is 187 cm³/mol. The van der Waals surface area contributed by atoms with Crippen LogP contribution in [-0.2, 0) is 0 Å². The van der Waals surface area contributed by atoms with Gasteiger partial charge in [-0.3, -0.25) is 4.79 Å². The lowest BCUT2D eigenvalue weighted by atomic mass is 9.78. The van der Waals surface area contributed by atoms with Crippen molar-refractivity contribution in [3.8, 4) is 16.9 Å². The van der Waals surface area contributed by atoms with Crippen molar-refractivity contribution in [3.63, 3.8) is 0 Å². The fourth-order valence-corrected chi connectivity index (χ4v) is 7.23. The van der Waals surface area contributed by atoms with Gasteiger partial charge in [-0.2, -0.15) is 0 Å². The zero-order valence-corrected chi connectivity index (χ0v) is 27.6. The molecule has 7 heteroatoms. The molecule has 2 aliphatic rings. The average Bonchev–Trinajstić information content (AvgIpc) is 3.13. The fraction of sp³-hybridized carbons (Fsp3) is 0.400. The number of rotatable bonds is 9. The Kier molecular flexibility index (Phi) is 10.4. The molecule has 0 bridgehead atoms. The van der Waals surface area contributed by atoms with Gasteiger partial charge in [-0.15, -0.1) is 0 Å². The van der Waals surface area contributed by atoms with Gasteiger partial charge in [-0.1, -0.05) is 78.9 Å². The molecule has 246 valence electrons. The highest BCUT2D eigenvalue weighted by Gasteiger charge is 2.34. The van der Waals surface area contributed by atoms with E-state index in [9.17, 15) is 14.7 Å². The Labute approximate surface area is 278 Å². The molecule has 0 spiro atoms. The molecule has 2 fully saturated rings. The number of fused-ring (bicyclic) bond motifs is 1. The third-order valence-electron chi connectivity index (χ3n) is 10.00. The second-order valence-electron chi connectivity index (χ2n) is 13.4. The van der Waals surface area contributed by atoms with Crippen LogP contribution in [0.5, 0.6) is 5.75 Å². The molecule has 7 nitrogen and oxygen atoms in total. The van der Waals surface area contributed by atoms with E-state index in [0.717, 1.165) is 85.1 Å². The van der Waals surface area contributed by atoms with E-state index in [4.69, 9.17) is 4.74 Å². The summed E-state index contributed by atoms with van der Waals surface area (Å²) in [7, 11) is 0. The standard InChI is InChI=1S/C40H47N3O4/c1-29(2)43(27-36(44)28-47-38-14-8-12-34-11-6-7-13-37(34)38)40(46)42-25-21-33(22-26-42)32-19-23-41(24-20-32)39(45)35-17-15-31(16-18-35)30-9-4-3-5-10-30/h3-18,29,32-33,36,44H,19-28H2,1-2H3. The molecule has 1 unspecified atom stereocenters. The Balaban J connectivity index is 0.955. The Bertz CT molecular complexity index is 1620. The molecule has 1 N–H and O–H groups in total. The molecule has 0 radical (unpaired) electrons. The van der Waals surface area contributed by atoms with Gasteiger partial charge in [0.1, 0.15) is 18.5 Å². The van der Waals surface area contributed by atoms with Gasteiger partial charge in [-0.05, 0) is 86.1 Å². The van der Waals surface area contributed by atoms with Crippen molar-refractivity contribution < 1.29 is 19.4 Å². The van der Waals surface area contributed by atoms with Gasteiger partial charge in [0.2, 0.25) is 0 Å². The number of benzene rings is 4. The molecule has 0 aliphatic carbocycles. The zero-order chi connectivity index (χ0) is 32.8. The van der Waals surface area contributed by atoms with Crippen molar-refractivity contribution in [3.05, 3.63) is 103 Å². The molecular weight excluding hydrogens is 586 g/mol. The first-order chi connectivity index (χ1) is 22.9. The number of hydrogen-bond donors (Lipinski definition) is 1. The third-order valence-corrected chi connectivity index (χ3v) is 10.00. The molecule has 0 aromatic heterocycles. The molecule has 4 aromatic rings. The highest BCUT2D eigenvalue weighted by Crippen LogP contribution is 2.33. The molecule has 6 rings (SSSR count). The van der Waals surface area contributed by atoms with Gasteiger partial charge in [-0.25, -0.2) is 4.79 Å². The van der Waals surface area contributed by atoms with Crippen LogP contribution in [0.3, 0.4) is 0 Å². The van der Waals surface area contributed by atoms with Gasteiger partial charge < -0.3 is 24.5 Å². The number of piperidine rings is 2. The summed E-state index contributed by atoms with van der Waals surface area (Å²) in [6, 6.07) is 32.1. The first-order valence-electron chi connectivity index (χ1n) is 17.2. The molecule has 3 amide bonds. The maximum Gasteiger partial charge on any atom is 0.320 e. The number of amides is 3. The first kappa shape index (κ1) is 32.6. The second-order valence-corrected chi connectivity index (χ2v) is 13.4. The van der Waals surface area contributed by atoms with Crippen LogP contribution >= 0.6 is 0 Å². The van der Waals surface area contributed by atoms with Crippen molar-refractivity contribution in [2.75, 3.05) is 39.3 Å². The minimum absolute atomic E-state index is 0.0126. The quantitative estimate of drug-likeness (QED) is 0.209. The van der Waals surface area contributed by atoms with Crippen molar-refractivity contribution in [1.82, 2.24) is 14.7 Å². The largest absolute Gasteiger partial charge is 0.490 e. The van der Waals surface area contributed by atoms with E-state index in [1.807, 2.05) is 109 Å². The van der Waals surface area contributed by atoms with Gasteiger partial charge in [0.25, 0.3) is 5.91 Å². The minimum atomic E-state index is -0.799. The van der Waals surface area contributed by atoms with Crippen LogP contribution < -0.4 is 4.74 Å². The van der Waals surface area contributed by atoms with Crippen LogP contribution in [0.15, 0.2) is 97.1 Å². The lowest BCUT2D eigenvalue weighted by Gasteiger charge is -2.42. The number of likely N-dealkylation sites (tertiary alicyclic amines) is 2. The SMILES string of the molecule is CC(C)N(CC(O)COc1cccc2ccccc12)C(=O)N1CCC(C2CCN(C(=O)c3ccc(-c4ccccc4)cc3)CC2)CC1. The number of ether oxygens (including phenoxy) is 1. The number of hydrogen-bond acceptors (Lipinski definition) is 4. The molecule has 0 saturated carbocycles. The number of urea groups is 1. The number of aliphatic hydroxyl groups excluding tert-OH is 1. The fourth-order valence-electron chi connectivity index (χ4n) is 7.23. The molecule has 4 aromatic carbocycles. The Morgan fingerprint density at radius 3 is 1.98 bits per heavy atom. The summed E-state index contributed by atoms with van der Waals surface area (Å²) in [5, 5.41) is 13.0. The normalized spacial score (nSPS) is 16.8. The molecule has 2 aliphatic heterocycles. The highest BCUT2D eigenvalue weighted by atomic mass is 16.5. The molecule has 47 heavy (non-hydrogen) atoms. The first-order valence-corrected chi connectivity index (χ1v) is 17.2. The van der Waals surface area contributed by atoms with Gasteiger partial charge in [0.05, 0.1) is 6.54 Å². The van der Waals surface area contributed by atoms with E-state index in [2.05, 4.69) is 12.1 Å². The van der Waals surface area contributed by atoms with E-state index >= 15 is 0 Å². The molecule has 2 saturated heterocycles. The van der Waals surface area contributed by atoms with Crippen LogP contribution in [0.25, 0.3) is 21.9 Å². The summed E-state index contributed by atoms with van der Waals surface area (Å²) in [5.41, 5.74) is 3.01. The Hall–Kier alpha value is -4.36. The van der Waals surface area contributed by atoms with Crippen LogP contribution in [0.4, 0.5) is 4.79 Å². The second kappa shape index (κ2) is 15.0. The summed E-state index contributed by atoms with van der Waals surface area (Å²) in [6.45, 7) is 7.34. The summed E-state index contributed by atoms with van der Waals surface area (Å²) < 4.78 is 6.01. The Morgan fingerprint density at radius 2 is 1.32 bits per heavy atom. The minimum Gasteiger partial charge on any atom is -0.490 e. The van der Waals surface area contributed by atoms with Crippen molar-refractivity contribution in [2.45, 2.75) is 51.7 Å². The number of carbonyl (C=O) groups is 2. The van der Waals surface area contributed by atoms with Crippen LogP contribution in [0.2, 0.25) is 0 Å². The summed E-state index contributed by atoms with van der Waals surface area (Å²) in [5.74, 6) is 1.99. The maximum atomic E-state index is 13.6. The monoisotopic (exact) mass is 633 g/mol. The lowest BCUT2D eigenvalue weighted by Crippen LogP contribution is -2.52. The number of nitrogens with zero attached hydrogens (tertiary/aromatic N) is 3. The van der Waals surface area contributed by atoms with Crippen LogP contribution in [0, 0.1) is 11.8 Å². The van der Waals surface area contributed by atoms with E-state index < -0.39 is 6.10 Å². The topological polar surface area (TPSA) is 73.3 Å². The zero-order valence-electron chi connectivity index (χ0n) is 27.6. The van der Waals surface area contributed by atoms with Crippen molar-refractivity contribution in [2.24, 2.45) is 11.8 Å². The summed E-state index contributed by atoms with van der Waals surface area (Å²) >= 11 is 0. The number of aliphatic hydroxyl groups is 1. The van der Waals surface area contributed by atoms with Gasteiger partial charge in [0.15, 0.2) is 0 Å². The molecule has 2 heterocycles. The molecular formula is C40H47N3O4. The molecule has 1 atom stereocenters. The van der Waals surface area contributed by atoms with Crippen LogP contribution in [-0.4, -0.2) is 83.2 Å². The van der Waals surface area contributed by atoms with Crippen LogP contribution in [0.1, 0.15) is 49.9 Å². The maximum absolute atomic E-state index is 13.6. The predicted octanol–water partition coefficient (Wildman–Crippen LogP) is 7.34. The third kappa shape index (κ3) is 7.79. The van der Waals surface area contributed by atoms with E-state index in [0.29, 0.717) is 11.8 Å². The average molecular weight is 634 g/mol. The van der Waals surface area contributed by atoms with Crippen molar-refractivity contribution >= 4 is 22.7 Å². The highest BCUT2D eigenvalue weighted by molar-refractivity contribution is 5.94. The lowest BCUT2D eigenvalue weighted by molar-refractivity contribution is 0.0493. The summed E-state index contributed by atoms with van der Waals surface area (Å²) in [4.78, 5) is 32.6. The summed E-state index contributed by atoms with van der Waals surface area (Å²) in [6.07, 6.45) is 3.17.